The first-order valence-corrected chi connectivity index (χ1v) is 15.7. The van der Waals surface area contributed by atoms with E-state index < -0.39 is 0 Å². The van der Waals surface area contributed by atoms with Crippen molar-refractivity contribution in [3.8, 4) is 5.75 Å². The number of carbonyl (C=O) groups excluding carboxylic acids is 2. The summed E-state index contributed by atoms with van der Waals surface area (Å²) in [4.78, 5) is 29.9. The van der Waals surface area contributed by atoms with E-state index in [1.807, 2.05) is 31.2 Å². The van der Waals surface area contributed by atoms with E-state index in [0.717, 1.165) is 64.0 Å². The Kier molecular flexibility index (Phi) is 9.82. The Morgan fingerprint density at radius 2 is 1.85 bits per heavy atom. The highest BCUT2D eigenvalue weighted by molar-refractivity contribution is 5.76. The second kappa shape index (κ2) is 13.5. The average Bonchev–Trinajstić information content (AvgIpc) is 3.80. The molecule has 5 rings (SSSR count). The third-order valence-electron chi connectivity index (χ3n) is 9.92. The first kappa shape index (κ1) is 29.8. The van der Waals surface area contributed by atoms with Gasteiger partial charge in [-0.2, -0.15) is 0 Å². The lowest BCUT2D eigenvalue weighted by Crippen LogP contribution is -2.61. The monoisotopic (exact) mass is 560 g/mol. The van der Waals surface area contributed by atoms with Gasteiger partial charge in [0.15, 0.2) is 0 Å². The normalized spacial score (nSPS) is 26.3. The SMILES string of the molecule is COC1C[C@@H](N(C)C(=O)CCCCCc2ccccc2)C[C@]2(c3cccc(OC(C)=O)c3)CCN(CC3CC3)C[C@@H]12. The molecule has 0 aromatic heterocycles. The molecule has 0 spiro atoms. The first-order valence-electron chi connectivity index (χ1n) is 15.7. The maximum atomic E-state index is 13.4. The smallest absolute Gasteiger partial charge is 0.308 e. The molecule has 4 atom stereocenters. The number of aryl methyl sites for hydroxylation is 1. The van der Waals surface area contributed by atoms with Gasteiger partial charge in [-0.25, -0.2) is 0 Å². The number of ether oxygens (including phenoxy) is 2. The minimum atomic E-state index is -0.305. The molecule has 0 radical (unpaired) electrons. The van der Waals surface area contributed by atoms with Gasteiger partial charge in [-0.3, -0.25) is 9.59 Å². The molecule has 2 aromatic rings. The molecule has 222 valence electrons. The molecule has 6 heteroatoms. The lowest BCUT2D eigenvalue weighted by Gasteiger charge is -2.56. The molecule has 6 nitrogen and oxygen atoms in total. The molecule has 0 bridgehead atoms. The van der Waals surface area contributed by atoms with Crippen molar-refractivity contribution >= 4 is 11.9 Å². The molecule has 3 fully saturated rings. The summed E-state index contributed by atoms with van der Waals surface area (Å²) in [5.74, 6) is 1.70. The second-order valence-corrected chi connectivity index (χ2v) is 12.8. The van der Waals surface area contributed by atoms with Crippen molar-refractivity contribution in [2.45, 2.75) is 88.7 Å². The van der Waals surface area contributed by atoms with Gasteiger partial charge in [0.05, 0.1) is 6.10 Å². The molecular formula is C35H48N2O4. The van der Waals surface area contributed by atoms with Gasteiger partial charge in [0.1, 0.15) is 5.75 Å². The molecule has 1 heterocycles. The van der Waals surface area contributed by atoms with Gasteiger partial charge in [0.25, 0.3) is 0 Å². The largest absolute Gasteiger partial charge is 0.427 e. The first-order chi connectivity index (χ1) is 19.9. The number of piperidine rings is 1. The van der Waals surface area contributed by atoms with E-state index >= 15 is 0 Å². The van der Waals surface area contributed by atoms with Crippen LogP contribution < -0.4 is 4.74 Å². The molecule has 41 heavy (non-hydrogen) atoms. The van der Waals surface area contributed by atoms with Crippen molar-refractivity contribution in [3.05, 3.63) is 65.7 Å². The number of unbranched alkanes of at least 4 members (excludes halogenated alkanes) is 2. The number of carbonyl (C=O) groups is 2. The Bertz CT molecular complexity index is 1170. The fourth-order valence-electron chi connectivity index (χ4n) is 7.46. The molecule has 1 aliphatic heterocycles. The Hall–Kier alpha value is -2.70. The van der Waals surface area contributed by atoms with Gasteiger partial charge >= 0.3 is 5.97 Å². The van der Waals surface area contributed by atoms with Crippen LogP contribution in [0.1, 0.15) is 75.8 Å². The highest BCUT2D eigenvalue weighted by Gasteiger charge is 2.53. The predicted molar refractivity (Wildman–Crippen MR) is 162 cm³/mol. The summed E-state index contributed by atoms with van der Waals surface area (Å²) in [5.41, 5.74) is 2.44. The van der Waals surface area contributed by atoms with Crippen LogP contribution in [-0.2, 0) is 26.2 Å². The van der Waals surface area contributed by atoms with Gasteiger partial charge in [-0.05, 0) is 87.1 Å². The third kappa shape index (κ3) is 7.39. The van der Waals surface area contributed by atoms with Crippen molar-refractivity contribution in [1.82, 2.24) is 9.80 Å². The van der Waals surface area contributed by atoms with Crippen molar-refractivity contribution in [1.29, 1.82) is 0 Å². The van der Waals surface area contributed by atoms with Gasteiger partial charge in [-0.15, -0.1) is 0 Å². The number of amides is 1. The summed E-state index contributed by atoms with van der Waals surface area (Å²) in [6.07, 6.45) is 10.3. The maximum absolute atomic E-state index is 13.4. The Morgan fingerprint density at radius 3 is 2.59 bits per heavy atom. The van der Waals surface area contributed by atoms with Crippen LogP contribution in [0.5, 0.6) is 5.75 Å². The van der Waals surface area contributed by atoms with Crippen LogP contribution in [-0.4, -0.2) is 67.6 Å². The summed E-state index contributed by atoms with van der Waals surface area (Å²) >= 11 is 0. The number of hydrogen-bond donors (Lipinski definition) is 0. The Labute approximate surface area is 246 Å². The summed E-state index contributed by atoms with van der Waals surface area (Å²) in [5, 5.41) is 0. The van der Waals surface area contributed by atoms with Gasteiger partial charge in [-0.1, -0.05) is 48.9 Å². The van der Waals surface area contributed by atoms with Crippen LogP contribution >= 0.6 is 0 Å². The van der Waals surface area contributed by atoms with E-state index in [2.05, 4.69) is 47.4 Å². The number of hydrogen-bond acceptors (Lipinski definition) is 5. The van der Waals surface area contributed by atoms with Gasteiger partial charge in [0, 0.05) is 58.0 Å². The van der Waals surface area contributed by atoms with Crippen molar-refractivity contribution < 1.29 is 19.1 Å². The quantitative estimate of drug-likeness (QED) is 0.181. The van der Waals surface area contributed by atoms with E-state index in [0.29, 0.717) is 18.1 Å². The fraction of sp³-hybridized carbons (Fsp3) is 0.600. The molecule has 1 amide bonds. The number of fused-ring (bicyclic) bond motifs is 1. The molecule has 2 saturated carbocycles. The minimum Gasteiger partial charge on any atom is -0.427 e. The molecule has 2 aliphatic carbocycles. The highest BCUT2D eigenvalue weighted by atomic mass is 16.5. The topological polar surface area (TPSA) is 59.1 Å². The second-order valence-electron chi connectivity index (χ2n) is 12.8. The van der Waals surface area contributed by atoms with Crippen LogP contribution in [0.4, 0.5) is 0 Å². The molecule has 1 unspecified atom stereocenters. The molecule has 3 aliphatic rings. The summed E-state index contributed by atoms with van der Waals surface area (Å²) in [6, 6.07) is 18.8. The Morgan fingerprint density at radius 1 is 1.05 bits per heavy atom. The van der Waals surface area contributed by atoms with Crippen LogP contribution in [0.3, 0.4) is 0 Å². The van der Waals surface area contributed by atoms with E-state index in [9.17, 15) is 9.59 Å². The van der Waals surface area contributed by atoms with E-state index in [-0.39, 0.29) is 29.4 Å². The molecular weight excluding hydrogens is 512 g/mol. The molecule has 1 saturated heterocycles. The van der Waals surface area contributed by atoms with Crippen LogP contribution in [0.25, 0.3) is 0 Å². The zero-order chi connectivity index (χ0) is 28.8. The van der Waals surface area contributed by atoms with Crippen molar-refractivity contribution in [2.24, 2.45) is 11.8 Å². The standard InChI is InChI=1S/C35H48N2O4/c1-26(38)41-31-15-10-14-29(21-31)35-19-20-37(24-28-17-18-28)25-32(35)33(40-3)22-30(23-35)36(2)34(39)16-9-5-8-13-27-11-6-4-7-12-27/h4,6-7,10-12,14-15,21,28,30,32-33H,5,8-9,13,16-20,22-25H2,1-3H3/t30-,32+,33?,35+/m1/s1. The van der Waals surface area contributed by atoms with Crippen LogP contribution in [0.2, 0.25) is 0 Å². The van der Waals surface area contributed by atoms with Crippen LogP contribution in [0.15, 0.2) is 54.6 Å². The highest BCUT2D eigenvalue weighted by Crippen LogP contribution is 2.51. The zero-order valence-electron chi connectivity index (χ0n) is 25.2. The predicted octanol–water partition coefficient (Wildman–Crippen LogP) is 6.02. The lowest BCUT2D eigenvalue weighted by atomic mass is 9.56. The van der Waals surface area contributed by atoms with Crippen LogP contribution in [0, 0.1) is 11.8 Å². The number of methoxy groups -OCH3 is 1. The van der Waals surface area contributed by atoms with E-state index in [4.69, 9.17) is 9.47 Å². The molecule has 0 N–H and O–H groups in total. The average molecular weight is 561 g/mol. The van der Waals surface area contributed by atoms with E-state index in [1.54, 1.807) is 0 Å². The maximum Gasteiger partial charge on any atom is 0.308 e. The lowest BCUT2D eigenvalue weighted by molar-refractivity contribution is -0.138. The number of benzene rings is 2. The Balaban J connectivity index is 1.29. The molecule has 2 aromatic carbocycles. The van der Waals surface area contributed by atoms with Crippen molar-refractivity contribution in [3.63, 3.8) is 0 Å². The fourth-order valence-corrected chi connectivity index (χ4v) is 7.46. The zero-order valence-corrected chi connectivity index (χ0v) is 25.2. The van der Waals surface area contributed by atoms with Crippen molar-refractivity contribution in [2.75, 3.05) is 33.8 Å². The summed E-state index contributed by atoms with van der Waals surface area (Å²) in [6.45, 7) is 4.69. The number of rotatable bonds is 12. The summed E-state index contributed by atoms with van der Waals surface area (Å²) < 4.78 is 11.8. The minimum absolute atomic E-state index is 0.0641. The summed E-state index contributed by atoms with van der Waals surface area (Å²) in [7, 11) is 3.83. The number of esters is 1. The van der Waals surface area contributed by atoms with Gasteiger partial charge in [0.2, 0.25) is 5.91 Å². The van der Waals surface area contributed by atoms with E-state index in [1.165, 1.54) is 37.4 Å². The van der Waals surface area contributed by atoms with Gasteiger partial charge < -0.3 is 19.3 Å². The third-order valence-corrected chi connectivity index (χ3v) is 9.92. The number of nitrogens with zero attached hydrogens (tertiary/aromatic N) is 2. The number of likely N-dealkylation sites (tertiary alicyclic amines) is 1.